The molecule has 12 heavy (non-hydrogen) atoms. The highest BCUT2D eigenvalue weighted by Gasteiger charge is 2.59. The Kier molecular flexibility index (Phi) is 1.34. The molecule has 4 atom stereocenters. The molecule has 2 aliphatic rings. The number of hydrogen-bond donors (Lipinski definition) is 4. The van der Waals surface area contributed by atoms with Crippen molar-refractivity contribution in [3.8, 4) is 0 Å². The molecule has 0 aliphatic carbocycles. The number of nitrogens with zero attached hydrogens (tertiary/aromatic N) is 2. The SMILES string of the molecule is O=C1N2C(O)C(O)N1C(O)C2O. The van der Waals surface area contributed by atoms with Crippen LogP contribution in [0.25, 0.3) is 0 Å². The van der Waals surface area contributed by atoms with Crippen LogP contribution in [-0.4, -0.2) is 61.2 Å². The number of aliphatic hydroxyl groups excluding tert-OH is 4. The molecule has 68 valence electrons. The molecule has 0 aromatic rings. The fraction of sp³-hybridized carbons (Fsp3) is 0.800. The molecule has 7 heteroatoms. The van der Waals surface area contributed by atoms with Gasteiger partial charge < -0.3 is 20.4 Å². The maximum Gasteiger partial charge on any atom is 0.328 e. The highest BCUT2D eigenvalue weighted by molar-refractivity contribution is 5.80. The monoisotopic (exact) mass is 176 g/mol. The lowest BCUT2D eigenvalue weighted by molar-refractivity contribution is -0.210. The van der Waals surface area contributed by atoms with Crippen molar-refractivity contribution in [1.29, 1.82) is 0 Å². The van der Waals surface area contributed by atoms with Gasteiger partial charge in [0.25, 0.3) is 0 Å². The summed E-state index contributed by atoms with van der Waals surface area (Å²) in [6.07, 6.45) is -5.85. The summed E-state index contributed by atoms with van der Waals surface area (Å²) < 4.78 is 0. The van der Waals surface area contributed by atoms with Crippen LogP contribution in [0.2, 0.25) is 0 Å². The van der Waals surface area contributed by atoms with E-state index in [1.807, 2.05) is 0 Å². The number of carbonyl (C=O) groups is 1. The first-order valence-corrected chi connectivity index (χ1v) is 3.38. The minimum Gasteiger partial charge on any atom is -0.369 e. The molecule has 0 aromatic heterocycles. The van der Waals surface area contributed by atoms with Crippen molar-refractivity contribution in [3.63, 3.8) is 0 Å². The van der Waals surface area contributed by atoms with Gasteiger partial charge >= 0.3 is 6.03 Å². The molecule has 0 spiro atoms. The van der Waals surface area contributed by atoms with E-state index in [4.69, 9.17) is 20.4 Å². The van der Waals surface area contributed by atoms with Gasteiger partial charge in [0.2, 0.25) is 0 Å². The smallest absolute Gasteiger partial charge is 0.328 e. The molecule has 2 saturated heterocycles. The second-order valence-corrected chi connectivity index (χ2v) is 2.75. The average molecular weight is 176 g/mol. The number of fused-ring (bicyclic) bond motifs is 2. The number of hydrogen-bond acceptors (Lipinski definition) is 5. The normalized spacial score (nSPS) is 46.2. The zero-order chi connectivity index (χ0) is 9.04. The summed E-state index contributed by atoms with van der Waals surface area (Å²) in [5.74, 6) is 0. The summed E-state index contributed by atoms with van der Waals surface area (Å²) in [4.78, 5) is 12.3. The lowest BCUT2D eigenvalue weighted by Crippen LogP contribution is -2.54. The Bertz CT molecular complexity index is 196. The largest absolute Gasteiger partial charge is 0.369 e. The first-order valence-electron chi connectivity index (χ1n) is 3.38. The molecular formula is C5H8N2O5. The molecule has 2 bridgehead atoms. The van der Waals surface area contributed by atoms with Crippen molar-refractivity contribution in [2.24, 2.45) is 0 Å². The Morgan fingerprint density at radius 1 is 0.833 bits per heavy atom. The van der Waals surface area contributed by atoms with Crippen molar-refractivity contribution in [3.05, 3.63) is 0 Å². The van der Waals surface area contributed by atoms with Gasteiger partial charge in [-0.3, -0.25) is 9.80 Å². The predicted octanol–water partition coefficient (Wildman–Crippen LogP) is -2.99. The quantitative estimate of drug-likeness (QED) is 0.315. The van der Waals surface area contributed by atoms with E-state index < -0.39 is 30.9 Å². The van der Waals surface area contributed by atoms with Crippen molar-refractivity contribution in [1.82, 2.24) is 9.80 Å². The summed E-state index contributed by atoms with van der Waals surface area (Å²) in [6.45, 7) is 0. The van der Waals surface area contributed by atoms with Gasteiger partial charge in [-0.25, -0.2) is 4.79 Å². The van der Waals surface area contributed by atoms with Crippen LogP contribution in [0.15, 0.2) is 0 Å². The number of carbonyl (C=O) groups excluding carboxylic acids is 1. The minimum atomic E-state index is -1.46. The molecular weight excluding hydrogens is 168 g/mol. The number of aliphatic hydroxyl groups is 4. The first kappa shape index (κ1) is 7.74. The molecule has 2 heterocycles. The maximum absolute atomic E-state index is 11.0. The third-order valence-corrected chi connectivity index (χ3v) is 2.12. The Labute approximate surface area is 67.0 Å². The third-order valence-electron chi connectivity index (χ3n) is 2.12. The second kappa shape index (κ2) is 2.07. The van der Waals surface area contributed by atoms with Crippen LogP contribution < -0.4 is 0 Å². The van der Waals surface area contributed by atoms with Gasteiger partial charge in [0, 0.05) is 0 Å². The number of piperazine rings is 1. The number of amides is 2. The van der Waals surface area contributed by atoms with Crippen LogP contribution in [0.1, 0.15) is 0 Å². The van der Waals surface area contributed by atoms with Crippen LogP contribution in [0.5, 0.6) is 0 Å². The van der Waals surface area contributed by atoms with Crippen molar-refractivity contribution < 1.29 is 25.2 Å². The van der Waals surface area contributed by atoms with E-state index in [9.17, 15) is 4.79 Å². The average Bonchev–Trinajstić information content (AvgIpc) is 2.33. The van der Waals surface area contributed by atoms with Crippen molar-refractivity contribution in [2.75, 3.05) is 0 Å². The minimum absolute atomic E-state index is 0.620. The van der Waals surface area contributed by atoms with Gasteiger partial charge in [-0.2, -0.15) is 0 Å². The Hall–Kier alpha value is -0.890. The fourth-order valence-corrected chi connectivity index (χ4v) is 1.47. The van der Waals surface area contributed by atoms with E-state index in [0.29, 0.717) is 9.80 Å². The van der Waals surface area contributed by atoms with E-state index in [0.717, 1.165) is 0 Å². The van der Waals surface area contributed by atoms with Crippen LogP contribution in [0, 0.1) is 0 Å². The van der Waals surface area contributed by atoms with Crippen LogP contribution in [0.4, 0.5) is 4.79 Å². The summed E-state index contributed by atoms with van der Waals surface area (Å²) in [6, 6.07) is -0.769. The molecule has 0 saturated carbocycles. The molecule has 2 amide bonds. The van der Waals surface area contributed by atoms with Crippen LogP contribution in [-0.2, 0) is 0 Å². The summed E-state index contributed by atoms with van der Waals surface area (Å²) >= 11 is 0. The Morgan fingerprint density at radius 2 is 1.08 bits per heavy atom. The second-order valence-electron chi connectivity index (χ2n) is 2.75. The topological polar surface area (TPSA) is 104 Å². The molecule has 4 unspecified atom stereocenters. The van der Waals surface area contributed by atoms with Gasteiger partial charge in [0.05, 0.1) is 0 Å². The van der Waals surface area contributed by atoms with Gasteiger partial charge in [0.1, 0.15) is 0 Å². The molecule has 0 radical (unpaired) electrons. The first-order chi connectivity index (χ1) is 5.55. The maximum atomic E-state index is 11.0. The number of rotatable bonds is 0. The molecule has 7 nitrogen and oxygen atoms in total. The molecule has 0 aromatic carbocycles. The zero-order valence-electron chi connectivity index (χ0n) is 5.90. The van der Waals surface area contributed by atoms with E-state index in [1.54, 1.807) is 0 Å². The van der Waals surface area contributed by atoms with Gasteiger partial charge in [-0.1, -0.05) is 0 Å². The van der Waals surface area contributed by atoms with Crippen molar-refractivity contribution in [2.45, 2.75) is 24.9 Å². The van der Waals surface area contributed by atoms with E-state index in [1.165, 1.54) is 0 Å². The van der Waals surface area contributed by atoms with Crippen molar-refractivity contribution >= 4 is 6.03 Å². The molecule has 4 N–H and O–H groups in total. The summed E-state index contributed by atoms with van der Waals surface area (Å²) in [7, 11) is 0. The van der Waals surface area contributed by atoms with Gasteiger partial charge in [0.15, 0.2) is 24.9 Å². The Balaban J connectivity index is 2.35. The predicted molar refractivity (Wildman–Crippen MR) is 33.1 cm³/mol. The highest BCUT2D eigenvalue weighted by atomic mass is 16.4. The van der Waals surface area contributed by atoms with Crippen LogP contribution in [0.3, 0.4) is 0 Å². The van der Waals surface area contributed by atoms with E-state index in [2.05, 4.69) is 0 Å². The number of urea groups is 1. The zero-order valence-corrected chi connectivity index (χ0v) is 5.90. The van der Waals surface area contributed by atoms with E-state index in [-0.39, 0.29) is 0 Å². The van der Waals surface area contributed by atoms with E-state index >= 15 is 0 Å². The highest BCUT2D eigenvalue weighted by Crippen LogP contribution is 2.32. The summed E-state index contributed by atoms with van der Waals surface area (Å²) in [5, 5.41) is 36.4. The standard InChI is InChI=1S/C5H8N2O5/c8-1-2(9)7-4(11)3(10)6(1)5(7)12/h1-4,8-11H. The van der Waals surface area contributed by atoms with Gasteiger partial charge in [-0.15, -0.1) is 0 Å². The summed E-state index contributed by atoms with van der Waals surface area (Å²) in [5.41, 5.74) is 0. The fourth-order valence-electron chi connectivity index (χ4n) is 1.47. The molecule has 2 rings (SSSR count). The lowest BCUT2D eigenvalue weighted by Gasteiger charge is -2.31. The molecule has 2 aliphatic heterocycles. The van der Waals surface area contributed by atoms with Gasteiger partial charge in [-0.05, 0) is 0 Å². The third kappa shape index (κ3) is 0.619. The lowest BCUT2D eigenvalue weighted by atomic mass is 10.3. The molecule has 2 fully saturated rings. The van der Waals surface area contributed by atoms with Crippen LogP contribution >= 0.6 is 0 Å². The Morgan fingerprint density at radius 3 is 1.25 bits per heavy atom.